The average Bonchev–Trinajstić information content (AvgIpc) is 2.58. The first-order valence-corrected chi connectivity index (χ1v) is 5.58. The molecule has 0 aromatic rings. The van der Waals surface area contributed by atoms with Crippen LogP contribution in [0.1, 0.15) is 20.8 Å². The molecule has 1 amide bonds. The lowest BCUT2D eigenvalue weighted by Crippen LogP contribution is -2.46. The fraction of sp³-hybridized carbons (Fsp3) is 0.545. The molecule has 2 rings (SSSR count). The highest BCUT2D eigenvalue weighted by Crippen LogP contribution is 2.19. The predicted molar refractivity (Wildman–Crippen MR) is 63.7 cm³/mol. The van der Waals surface area contributed by atoms with E-state index in [4.69, 9.17) is 4.74 Å². The fourth-order valence-corrected chi connectivity index (χ4v) is 1.89. The van der Waals surface area contributed by atoms with Crippen LogP contribution in [-0.2, 0) is 4.74 Å². The first-order valence-electron chi connectivity index (χ1n) is 5.58. The predicted octanol–water partition coefficient (Wildman–Crippen LogP) is 1.65. The van der Waals surface area contributed by atoms with E-state index in [-0.39, 0.29) is 13.1 Å². The molecule has 4 nitrogen and oxygen atoms in total. The van der Waals surface area contributed by atoms with Gasteiger partial charge in [0.25, 0.3) is 0 Å². The third-order valence-electron chi connectivity index (χ3n) is 2.56. The smallest absolute Gasteiger partial charge is 0.408 e. The molecular formula is C11H17BN2O2. The molecule has 0 aliphatic carbocycles. The van der Waals surface area contributed by atoms with E-state index in [1.54, 1.807) is 4.81 Å². The Morgan fingerprint density at radius 1 is 1.31 bits per heavy atom. The second-order valence-electron chi connectivity index (χ2n) is 5.05. The van der Waals surface area contributed by atoms with Gasteiger partial charge in [0.2, 0.25) is 0 Å². The summed E-state index contributed by atoms with van der Waals surface area (Å²) >= 11 is 0. The van der Waals surface area contributed by atoms with E-state index in [0.717, 1.165) is 6.54 Å². The topological polar surface area (TPSA) is 32.8 Å². The zero-order chi connectivity index (χ0) is 11.8. The number of carbonyl (C=O) groups is 1. The van der Waals surface area contributed by atoms with Crippen LogP contribution in [0.2, 0.25) is 0 Å². The molecule has 5 heteroatoms. The summed E-state index contributed by atoms with van der Waals surface area (Å²) in [5, 5.41) is 0. The monoisotopic (exact) mass is 220 g/mol. The number of amides is 1. The number of ether oxygens (including phenoxy) is 1. The van der Waals surface area contributed by atoms with Gasteiger partial charge in [-0.05, 0) is 33.0 Å². The second-order valence-corrected chi connectivity index (χ2v) is 5.05. The Morgan fingerprint density at radius 3 is 2.75 bits per heavy atom. The number of nitrogens with zero attached hydrogens (tertiary/aromatic N) is 2. The van der Waals surface area contributed by atoms with Crippen LogP contribution in [0, 0.1) is 0 Å². The molecular weight excluding hydrogens is 203 g/mol. The molecule has 0 bridgehead atoms. The Morgan fingerprint density at radius 2 is 2.06 bits per heavy atom. The highest BCUT2D eigenvalue weighted by molar-refractivity contribution is 6.62. The molecule has 2 heterocycles. The number of carbonyl (C=O) groups excluding carboxylic acids is 1. The summed E-state index contributed by atoms with van der Waals surface area (Å²) in [4.78, 5) is 15.8. The normalized spacial score (nSPS) is 19.1. The highest BCUT2D eigenvalue weighted by atomic mass is 16.6. The van der Waals surface area contributed by atoms with E-state index < -0.39 is 5.60 Å². The van der Waals surface area contributed by atoms with Gasteiger partial charge in [-0.1, -0.05) is 12.1 Å². The van der Waals surface area contributed by atoms with Crippen LogP contribution in [0.15, 0.2) is 24.3 Å². The Labute approximate surface area is 96.7 Å². The van der Waals surface area contributed by atoms with Gasteiger partial charge in [0.1, 0.15) is 5.60 Å². The minimum atomic E-state index is -0.432. The Balaban J connectivity index is 2.03. The summed E-state index contributed by atoms with van der Waals surface area (Å²) in [7, 11) is 0. The van der Waals surface area contributed by atoms with E-state index in [0.29, 0.717) is 6.54 Å². The molecule has 0 unspecified atom stereocenters. The van der Waals surface area contributed by atoms with E-state index in [9.17, 15) is 4.79 Å². The molecule has 0 spiro atoms. The van der Waals surface area contributed by atoms with Crippen LogP contribution in [0.25, 0.3) is 0 Å². The molecule has 16 heavy (non-hydrogen) atoms. The summed E-state index contributed by atoms with van der Waals surface area (Å²) < 4.78 is 5.37. The van der Waals surface area contributed by atoms with E-state index >= 15 is 0 Å². The zero-order valence-electron chi connectivity index (χ0n) is 10.0. The molecule has 2 aliphatic heterocycles. The lowest BCUT2D eigenvalue weighted by atomic mass is 9.72. The number of rotatable bonds is 0. The average molecular weight is 220 g/mol. The molecule has 0 aromatic heterocycles. The van der Waals surface area contributed by atoms with Gasteiger partial charge >= 0.3 is 13.1 Å². The molecule has 0 radical (unpaired) electrons. The summed E-state index contributed by atoms with van der Waals surface area (Å²) in [6.07, 6.45) is 5.72. The summed E-state index contributed by atoms with van der Waals surface area (Å²) in [6, 6.07) is 0. The summed E-state index contributed by atoms with van der Waals surface area (Å²) in [5.74, 6) is 2.01. The van der Waals surface area contributed by atoms with Crippen molar-refractivity contribution in [1.29, 1.82) is 0 Å². The van der Waals surface area contributed by atoms with Gasteiger partial charge in [-0.15, -0.1) is 0 Å². The van der Waals surface area contributed by atoms with Crippen molar-refractivity contribution in [2.75, 3.05) is 13.1 Å². The van der Waals surface area contributed by atoms with Crippen molar-refractivity contribution in [2.24, 2.45) is 0 Å². The molecule has 0 atom stereocenters. The maximum Gasteiger partial charge on any atom is 0.408 e. The molecule has 0 saturated carbocycles. The molecule has 0 aromatic carbocycles. The summed E-state index contributed by atoms with van der Waals surface area (Å²) in [5.41, 5.74) is -0.432. The second kappa shape index (κ2) is 3.89. The molecule has 86 valence electrons. The largest absolute Gasteiger partial charge is 0.444 e. The van der Waals surface area contributed by atoms with Crippen LogP contribution in [0.4, 0.5) is 4.79 Å². The van der Waals surface area contributed by atoms with Gasteiger partial charge in [-0.2, -0.15) is 0 Å². The molecule has 1 fully saturated rings. The van der Waals surface area contributed by atoms with Crippen LogP contribution >= 0.6 is 0 Å². The van der Waals surface area contributed by atoms with Gasteiger partial charge in [-0.25, -0.2) is 4.79 Å². The molecule has 1 saturated heterocycles. The van der Waals surface area contributed by atoms with Crippen molar-refractivity contribution in [3.63, 3.8) is 0 Å². The van der Waals surface area contributed by atoms with Crippen molar-refractivity contribution >= 4 is 13.1 Å². The van der Waals surface area contributed by atoms with Crippen molar-refractivity contribution in [3.05, 3.63) is 24.3 Å². The maximum absolute atomic E-state index is 11.9. The molecule has 0 N–H and O–H groups in total. The first-order chi connectivity index (χ1) is 7.47. The fourth-order valence-electron chi connectivity index (χ4n) is 1.89. The van der Waals surface area contributed by atoms with Gasteiger partial charge in [0.05, 0.1) is 0 Å². The zero-order valence-corrected chi connectivity index (χ0v) is 10.0. The maximum atomic E-state index is 11.9. The standard InChI is InChI=1S/C11H17BN2O2/c1-11(2,3)16-10(15)14-9-8-13-7-5-4-6-12(13)14/h4-7H,8-9H2,1-3H3. The van der Waals surface area contributed by atoms with Gasteiger partial charge < -0.3 is 14.4 Å². The number of fused-ring (bicyclic) bond motifs is 1. The lowest BCUT2D eigenvalue weighted by Gasteiger charge is -2.27. The Kier molecular flexibility index (Phi) is 2.70. The van der Waals surface area contributed by atoms with Crippen molar-refractivity contribution in [2.45, 2.75) is 26.4 Å². The van der Waals surface area contributed by atoms with Crippen LogP contribution in [-0.4, -0.2) is 41.4 Å². The van der Waals surface area contributed by atoms with Crippen molar-refractivity contribution in [3.8, 4) is 0 Å². The third kappa shape index (κ3) is 2.23. The minimum absolute atomic E-state index is 0.0276. The van der Waals surface area contributed by atoms with Crippen molar-refractivity contribution in [1.82, 2.24) is 9.62 Å². The van der Waals surface area contributed by atoms with Gasteiger partial charge in [0.15, 0.2) is 0 Å². The van der Waals surface area contributed by atoms with E-state index in [2.05, 4.69) is 4.81 Å². The SMILES string of the molecule is CC(C)(C)OC(=O)N1CCN2C=CC=CB21. The summed E-state index contributed by atoms with van der Waals surface area (Å²) in [6.45, 7) is 7.26. The quantitative estimate of drug-likeness (QED) is 0.582. The van der Waals surface area contributed by atoms with Gasteiger partial charge in [-0.3, -0.25) is 0 Å². The Hall–Kier alpha value is -1.39. The van der Waals surface area contributed by atoms with E-state index in [1.165, 1.54) is 0 Å². The Bertz CT molecular complexity index is 346. The van der Waals surface area contributed by atoms with Crippen molar-refractivity contribution < 1.29 is 9.53 Å². The lowest BCUT2D eigenvalue weighted by molar-refractivity contribution is 0.0397. The molecule has 2 aliphatic rings. The third-order valence-corrected chi connectivity index (χ3v) is 2.56. The number of hydrogen-bond acceptors (Lipinski definition) is 3. The van der Waals surface area contributed by atoms with Crippen LogP contribution in [0.3, 0.4) is 0 Å². The first kappa shape index (κ1) is 11.1. The number of hydrogen-bond donors (Lipinski definition) is 0. The number of allylic oxidation sites excluding steroid dienone is 2. The minimum Gasteiger partial charge on any atom is -0.444 e. The van der Waals surface area contributed by atoms with Crippen LogP contribution in [0.5, 0.6) is 0 Å². The van der Waals surface area contributed by atoms with Crippen LogP contribution < -0.4 is 0 Å². The highest BCUT2D eigenvalue weighted by Gasteiger charge is 2.39. The van der Waals surface area contributed by atoms with Gasteiger partial charge in [0, 0.05) is 13.1 Å². The van der Waals surface area contributed by atoms with E-state index in [1.807, 2.05) is 45.1 Å².